The molecule has 22 aromatic rings. The van der Waals surface area contributed by atoms with E-state index >= 15 is 0 Å². The number of hydrogen-bond acceptors (Lipinski definition) is 10. The molecular weight excluding hydrogens is 1850 g/mol. The molecule has 0 N–H and O–H groups in total. The smallest absolute Gasteiger partial charge is 0.399 e. The van der Waals surface area contributed by atoms with E-state index in [1.165, 1.54) is 107 Å². The Hall–Kier alpha value is -14.6. The van der Waals surface area contributed by atoms with Crippen LogP contribution >= 0.6 is 57.4 Å². The third kappa shape index (κ3) is 16.0. The highest BCUT2D eigenvalue weighted by Gasteiger charge is 2.53. The summed E-state index contributed by atoms with van der Waals surface area (Å²) in [7, 11) is -0.320. The lowest BCUT2D eigenvalue weighted by Crippen LogP contribution is -2.41. The Labute approximate surface area is 825 Å². The molecule has 0 amide bonds. The molecule has 137 heavy (non-hydrogen) atoms. The lowest BCUT2D eigenvalue weighted by molar-refractivity contribution is 0.00578. The topological polar surface area (TPSA) is 95.8 Å². The van der Waals surface area contributed by atoms with Crippen LogP contribution in [0.15, 0.2) is 449 Å². The van der Waals surface area contributed by atoms with Gasteiger partial charge in [0, 0.05) is 68.2 Å². The summed E-state index contributed by atoms with van der Waals surface area (Å²) in [5.41, 5.74) is 27.7. The van der Waals surface area contributed by atoms with E-state index in [1.54, 1.807) is 0 Å². The van der Waals surface area contributed by atoms with E-state index in [4.69, 9.17) is 45.8 Å². The van der Waals surface area contributed by atoms with Crippen LogP contribution in [0.5, 0.6) is 0 Å². The number of fused-ring (bicyclic) bond motifs is 12. The molecule has 1 aliphatic heterocycles. The van der Waals surface area contributed by atoms with Gasteiger partial charge >= 0.3 is 7.12 Å². The Morgan fingerprint density at radius 2 is 0.540 bits per heavy atom. The predicted octanol–water partition coefficient (Wildman–Crippen LogP) is 32.8. The van der Waals surface area contributed by atoms with E-state index in [0.717, 1.165) is 77.8 Å². The summed E-state index contributed by atoms with van der Waals surface area (Å²) in [6, 6.07) is 159. The van der Waals surface area contributed by atoms with Crippen molar-refractivity contribution in [1.82, 2.24) is 29.9 Å². The van der Waals surface area contributed by atoms with Crippen molar-refractivity contribution >= 4 is 110 Å². The Kier molecular flexibility index (Phi) is 24.4. The molecule has 25 rings (SSSR count). The van der Waals surface area contributed by atoms with Crippen molar-refractivity contribution in [3.63, 3.8) is 0 Å². The third-order valence-corrected chi connectivity index (χ3v) is 29.8. The number of hydrogen-bond donors (Lipinski definition) is 0. The van der Waals surface area contributed by atoms with E-state index in [1.807, 2.05) is 59.1 Å². The molecule has 660 valence electrons. The number of aromatic nitrogens is 6. The number of rotatable bonds is 14. The lowest BCUT2D eigenvalue weighted by atomic mass is 9.67. The molecule has 3 aliphatic rings. The average molecular weight is 1940 g/mol. The molecule has 2 aliphatic carbocycles. The maximum Gasteiger partial charge on any atom is 0.494 e. The molecule has 14 heteroatoms. The van der Waals surface area contributed by atoms with E-state index in [9.17, 15) is 2.86 Å². The Morgan fingerprint density at radius 1 is 0.255 bits per heavy atom. The van der Waals surface area contributed by atoms with Crippen molar-refractivity contribution in [3.8, 4) is 124 Å². The standard InChI is InChI=1S/C58H37N3S.C40H26ClN3.C24H23BO2S.CH4.FI/c1-4-17-38(18-5-1)41-19-14-20-42(37-41)56-59-55(40-35-33-39(34-36-40)45-27-15-28-47-46-25-11-13-32-52(46)62-54(45)47)60-57(61-56)49-29-16-31-51-53(49)48-26-10-12-30-50(48)58(51,43-21-6-2-7-22-43)44-23-8-3-9-24-44;41-39-43-37(29-17-12-16-28(26-29)27-14-4-1-5-15-27)42-38(44-39)33-23-13-25-35-36(33)32-22-10-11-24-34(32)40(35,30-18-6-2-7-19-30)31-20-8-3-9-21-31;1-23(2)24(3,4)27-25(26-23)17-14-12-16(13-15-17)18-9-7-10-20-19-8-5-6-11-21(19)28-22(18)20;;1-2/h1-37H;1-26H;5-15H,1-4H3;1H4;. The Balaban J connectivity index is 0.000000130. The maximum absolute atomic E-state index is 9.47. The zero-order chi connectivity index (χ0) is 92.1. The largest absolute Gasteiger partial charge is 0.494 e. The highest BCUT2D eigenvalue weighted by Crippen LogP contribution is 2.61. The molecule has 0 bridgehead atoms. The molecule has 5 heterocycles. The highest BCUT2D eigenvalue weighted by atomic mass is 127. The Morgan fingerprint density at radius 3 is 0.971 bits per heavy atom. The van der Waals surface area contributed by atoms with Gasteiger partial charge in [0.1, 0.15) is 0 Å². The first kappa shape index (κ1) is 88.9. The monoisotopic (exact) mass is 1940 g/mol. The molecule has 1 fully saturated rings. The van der Waals surface area contributed by atoms with Gasteiger partial charge in [0.15, 0.2) is 52.3 Å². The first-order chi connectivity index (χ1) is 66.8. The molecule has 8 nitrogen and oxygen atoms in total. The van der Waals surface area contributed by atoms with Crippen LogP contribution in [-0.2, 0) is 20.1 Å². The molecule has 0 atom stereocenters. The Bertz CT molecular complexity index is 8130. The van der Waals surface area contributed by atoms with Crippen molar-refractivity contribution < 1.29 is 12.2 Å². The minimum atomic E-state index is -0.541. The summed E-state index contributed by atoms with van der Waals surface area (Å²) in [5, 5.41) is 5.41. The molecule has 18 aromatic carbocycles. The molecule has 0 radical (unpaired) electrons. The SMILES string of the molecule is C.CC1(C)OB(c2ccc(-c3cccc4c3sc3ccccc34)cc2)OC1(C)C.Clc1nc(-c2cccc(-c3ccccc3)c2)nc(-c2cccc3c2-c2ccccc2C3(c2ccccc2)c2ccccc2)n1.FI.c1ccc(-c2cccc(-c3nc(-c4ccc(-c5cccc6c5sc5ccccc56)cc4)nc(-c4cccc5c4-c4ccccc4C5(c4ccccc4)c4ccccc4)n3)c2)cc1. The second-order valence-corrected chi connectivity index (χ2v) is 37.8. The molecule has 0 spiro atoms. The van der Waals surface area contributed by atoms with Crippen LogP contribution in [0.25, 0.3) is 164 Å². The molecule has 1 saturated heterocycles. The van der Waals surface area contributed by atoms with Crippen molar-refractivity contribution in [2.75, 3.05) is 0 Å². The first-order valence-corrected chi connectivity index (χ1v) is 48.4. The predicted molar refractivity (Wildman–Crippen MR) is 578 cm³/mol. The van der Waals surface area contributed by atoms with Crippen LogP contribution in [-0.4, -0.2) is 48.2 Å². The van der Waals surface area contributed by atoms with Crippen molar-refractivity contribution in [3.05, 3.63) is 499 Å². The molecule has 0 unspecified atom stereocenters. The normalized spacial score (nSPS) is 13.6. The van der Waals surface area contributed by atoms with Gasteiger partial charge in [-0.3, -0.25) is 0 Å². The third-order valence-electron chi connectivity index (χ3n) is 27.2. The fourth-order valence-electron chi connectivity index (χ4n) is 20.2. The van der Waals surface area contributed by atoms with Crippen molar-refractivity contribution in [2.24, 2.45) is 0 Å². The average Bonchev–Trinajstić information content (AvgIpc) is 1.53. The minimum Gasteiger partial charge on any atom is -0.399 e. The van der Waals surface area contributed by atoms with E-state index in [-0.39, 0.29) is 31.0 Å². The summed E-state index contributed by atoms with van der Waals surface area (Å²) in [6.07, 6.45) is 0. The first-order valence-electron chi connectivity index (χ1n) is 45.5. The fraction of sp³-hybridized carbons (Fsp3) is 0.0732. The van der Waals surface area contributed by atoms with E-state index in [0.29, 0.717) is 52.3 Å². The summed E-state index contributed by atoms with van der Waals surface area (Å²) >= 11 is 11.0. The van der Waals surface area contributed by atoms with Crippen LogP contribution < -0.4 is 5.46 Å². The van der Waals surface area contributed by atoms with Crippen LogP contribution in [0, 0.1) is 0 Å². The van der Waals surface area contributed by atoms with Crippen LogP contribution in [0.2, 0.25) is 5.28 Å². The maximum atomic E-state index is 9.47. The number of benzene rings is 18. The lowest BCUT2D eigenvalue weighted by Gasteiger charge is -2.33. The minimum absolute atomic E-state index is 0. The zero-order valence-corrected chi connectivity index (χ0v) is 79.3. The summed E-state index contributed by atoms with van der Waals surface area (Å²) in [4.78, 5) is 30.3. The summed E-state index contributed by atoms with van der Waals surface area (Å²) < 4.78 is 27.1. The number of halogens is 3. The number of nitrogens with zero attached hydrogens (tertiary/aromatic N) is 6. The highest BCUT2D eigenvalue weighted by molar-refractivity contribution is 14.1. The van der Waals surface area contributed by atoms with Crippen molar-refractivity contribution in [1.29, 1.82) is 0 Å². The molecule has 4 aromatic heterocycles. The van der Waals surface area contributed by atoms with E-state index in [2.05, 4.69) is 445 Å². The number of thiophene rings is 2. The van der Waals surface area contributed by atoms with Crippen LogP contribution in [0.1, 0.15) is 79.6 Å². The van der Waals surface area contributed by atoms with Crippen molar-refractivity contribution in [2.45, 2.75) is 57.2 Å². The van der Waals surface area contributed by atoms with Crippen LogP contribution in [0.4, 0.5) is 2.86 Å². The second kappa shape index (κ2) is 37.6. The van der Waals surface area contributed by atoms with Gasteiger partial charge in [-0.15, -0.1) is 22.7 Å². The second-order valence-electron chi connectivity index (χ2n) is 35.3. The summed E-state index contributed by atoms with van der Waals surface area (Å²) in [5.74, 6) is 2.98. The zero-order valence-electron chi connectivity index (χ0n) is 74.8. The van der Waals surface area contributed by atoms with Gasteiger partial charge in [0.05, 0.1) is 22.0 Å². The van der Waals surface area contributed by atoms with Gasteiger partial charge in [0.25, 0.3) is 0 Å². The van der Waals surface area contributed by atoms with Gasteiger partial charge in [0.2, 0.25) is 5.28 Å². The molecular formula is C123H90BClFIN6O2S2. The van der Waals surface area contributed by atoms with Gasteiger partial charge < -0.3 is 9.31 Å². The summed E-state index contributed by atoms with van der Waals surface area (Å²) in [6.45, 7) is 8.35. The quantitative estimate of drug-likeness (QED) is 0.0785. The van der Waals surface area contributed by atoms with Gasteiger partial charge in [-0.25, -0.2) is 19.9 Å². The van der Waals surface area contributed by atoms with Gasteiger partial charge in [-0.2, -0.15) is 12.8 Å². The molecule has 0 saturated carbocycles. The van der Waals surface area contributed by atoms with Crippen LogP contribution in [0.3, 0.4) is 0 Å². The van der Waals surface area contributed by atoms with E-state index < -0.39 is 10.8 Å². The fourth-order valence-corrected chi connectivity index (χ4v) is 22.8. The van der Waals surface area contributed by atoms with Gasteiger partial charge in [-0.1, -0.05) is 432 Å². The van der Waals surface area contributed by atoms with Gasteiger partial charge in [-0.05, 0) is 180 Å².